The van der Waals surface area contributed by atoms with Gasteiger partial charge in [-0.15, -0.1) is 0 Å². The number of nitrogens with zero attached hydrogens (tertiary/aromatic N) is 1. The lowest BCUT2D eigenvalue weighted by molar-refractivity contribution is -0.122. The van der Waals surface area contributed by atoms with Crippen LogP contribution in [0.1, 0.15) is 16.1 Å². The summed E-state index contributed by atoms with van der Waals surface area (Å²) in [5.41, 5.74) is 10.0. The normalized spacial score (nSPS) is 10.5. The molecule has 0 bridgehead atoms. The molecule has 0 aliphatic carbocycles. The van der Waals surface area contributed by atoms with Crippen LogP contribution in [0.25, 0.3) is 0 Å². The molecule has 5 N–H and O–H groups in total. The number of carboxylic acid groups (broad SMARTS) is 1. The number of furan rings is 1. The summed E-state index contributed by atoms with van der Waals surface area (Å²) in [5, 5.41) is 8.70. The van der Waals surface area contributed by atoms with Crippen LogP contribution in [0, 0.1) is 0 Å². The molecular formula is C10H13N3O5. The summed E-state index contributed by atoms with van der Waals surface area (Å²) >= 11 is 0. The van der Waals surface area contributed by atoms with Crippen LogP contribution >= 0.6 is 0 Å². The molecule has 0 aromatic carbocycles. The summed E-state index contributed by atoms with van der Waals surface area (Å²) in [4.78, 5) is 33.6. The van der Waals surface area contributed by atoms with E-state index in [4.69, 9.17) is 21.0 Å². The predicted molar refractivity (Wildman–Crippen MR) is 59.3 cm³/mol. The average Bonchev–Trinajstić information content (AvgIpc) is 2.63. The van der Waals surface area contributed by atoms with E-state index in [2.05, 4.69) is 0 Å². The molecule has 2 amide bonds. The van der Waals surface area contributed by atoms with Crippen molar-refractivity contribution in [2.24, 2.45) is 11.5 Å². The fourth-order valence-electron chi connectivity index (χ4n) is 1.40. The van der Waals surface area contributed by atoms with Gasteiger partial charge in [-0.05, 0) is 6.07 Å². The van der Waals surface area contributed by atoms with Gasteiger partial charge in [0.1, 0.15) is 12.0 Å². The number of rotatable bonds is 7. The maximum atomic E-state index is 10.8. The fraction of sp³-hybridized carbons (Fsp3) is 0.300. The Morgan fingerprint density at radius 3 is 2.17 bits per heavy atom. The van der Waals surface area contributed by atoms with E-state index < -0.39 is 17.8 Å². The Hall–Kier alpha value is -2.35. The van der Waals surface area contributed by atoms with E-state index in [0.717, 1.165) is 6.26 Å². The van der Waals surface area contributed by atoms with Gasteiger partial charge in [-0.1, -0.05) is 0 Å². The van der Waals surface area contributed by atoms with Crippen molar-refractivity contribution in [2.75, 3.05) is 13.1 Å². The number of hydrogen-bond donors (Lipinski definition) is 3. The van der Waals surface area contributed by atoms with E-state index in [1.165, 1.54) is 11.0 Å². The molecule has 0 radical (unpaired) electrons. The molecule has 1 aromatic heterocycles. The first kappa shape index (κ1) is 13.7. The molecule has 1 rings (SSSR count). The Bertz CT molecular complexity index is 452. The third-order valence-corrected chi connectivity index (χ3v) is 2.04. The molecule has 0 aliphatic heterocycles. The highest BCUT2D eigenvalue weighted by Gasteiger charge is 2.15. The smallest absolute Gasteiger partial charge is 0.338 e. The lowest BCUT2D eigenvalue weighted by Crippen LogP contribution is -2.39. The number of hydrogen-bond acceptors (Lipinski definition) is 5. The molecular weight excluding hydrogens is 242 g/mol. The molecule has 0 unspecified atom stereocenters. The Kier molecular flexibility index (Phi) is 4.44. The van der Waals surface area contributed by atoms with Crippen LogP contribution in [0.5, 0.6) is 0 Å². The summed E-state index contributed by atoms with van der Waals surface area (Å²) < 4.78 is 4.99. The van der Waals surface area contributed by atoms with Crippen LogP contribution in [0.4, 0.5) is 0 Å². The number of aromatic carboxylic acids is 1. The van der Waals surface area contributed by atoms with Gasteiger partial charge < -0.3 is 21.0 Å². The van der Waals surface area contributed by atoms with Crippen LogP contribution in [0.3, 0.4) is 0 Å². The van der Waals surface area contributed by atoms with Crippen LogP contribution in [0.15, 0.2) is 16.7 Å². The fourth-order valence-corrected chi connectivity index (χ4v) is 1.40. The van der Waals surface area contributed by atoms with Crippen LogP contribution in [-0.4, -0.2) is 40.9 Å². The molecule has 0 atom stereocenters. The van der Waals surface area contributed by atoms with E-state index in [1.807, 2.05) is 0 Å². The molecule has 1 heterocycles. The minimum Gasteiger partial charge on any atom is -0.478 e. The number of nitrogens with two attached hydrogens (primary N) is 2. The van der Waals surface area contributed by atoms with Gasteiger partial charge in [0.15, 0.2) is 0 Å². The van der Waals surface area contributed by atoms with E-state index in [1.54, 1.807) is 0 Å². The SMILES string of the molecule is NC(=O)CN(CC(N)=O)Cc1cc(C(=O)O)co1. The van der Waals surface area contributed by atoms with E-state index >= 15 is 0 Å². The van der Waals surface area contributed by atoms with Gasteiger partial charge in [-0.2, -0.15) is 0 Å². The number of primary amides is 2. The molecule has 18 heavy (non-hydrogen) atoms. The van der Waals surface area contributed by atoms with E-state index in [0.29, 0.717) is 5.76 Å². The molecule has 0 saturated carbocycles. The Labute approximate surface area is 102 Å². The van der Waals surface area contributed by atoms with Crippen molar-refractivity contribution in [1.82, 2.24) is 4.90 Å². The predicted octanol–water partition coefficient (Wildman–Crippen LogP) is -1.25. The minimum atomic E-state index is -1.12. The highest BCUT2D eigenvalue weighted by molar-refractivity contribution is 5.87. The first-order chi connectivity index (χ1) is 8.38. The van der Waals surface area contributed by atoms with Gasteiger partial charge in [0.05, 0.1) is 25.2 Å². The number of carboxylic acids is 1. The van der Waals surface area contributed by atoms with Gasteiger partial charge in [-0.25, -0.2) is 4.79 Å². The quantitative estimate of drug-likeness (QED) is 0.556. The van der Waals surface area contributed by atoms with Gasteiger partial charge >= 0.3 is 5.97 Å². The Morgan fingerprint density at radius 1 is 1.22 bits per heavy atom. The average molecular weight is 255 g/mol. The number of carbonyl (C=O) groups is 3. The van der Waals surface area contributed by atoms with Crippen molar-refractivity contribution in [2.45, 2.75) is 6.54 Å². The van der Waals surface area contributed by atoms with Crippen LogP contribution < -0.4 is 11.5 Å². The molecule has 0 saturated heterocycles. The zero-order valence-electron chi connectivity index (χ0n) is 9.46. The third kappa shape index (κ3) is 4.26. The van der Waals surface area contributed by atoms with Gasteiger partial charge in [0, 0.05) is 0 Å². The number of amides is 2. The first-order valence-electron chi connectivity index (χ1n) is 4.98. The maximum absolute atomic E-state index is 10.8. The first-order valence-corrected chi connectivity index (χ1v) is 4.98. The summed E-state index contributed by atoms with van der Waals surface area (Å²) in [6.45, 7) is -0.281. The summed E-state index contributed by atoms with van der Waals surface area (Å²) in [6, 6.07) is 1.30. The van der Waals surface area contributed by atoms with Crippen LogP contribution in [-0.2, 0) is 16.1 Å². The zero-order chi connectivity index (χ0) is 13.7. The van der Waals surface area contributed by atoms with Crippen molar-refractivity contribution >= 4 is 17.8 Å². The van der Waals surface area contributed by atoms with E-state index in [9.17, 15) is 14.4 Å². The zero-order valence-corrected chi connectivity index (χ0v) is 9.46. The Balaban J connectivity index is 2.71. The molecule has 8 heteroatoms. The van der Waals surface area contributed by atoms with Crippen molar-refractivity contribution < 1.29 is 23.9 Å². The highest BCUT2D eigenvalue weighted by atomic mass is 16.4. The van der Waals surface area contributed by atoms with Crippen molar-refractivity contribution in [3.05, 3.63) is 23.7 Å². The standard InChI is InChI=1S/C10H13N3O5/c11-8(14)3-13(4-9(12)15)2-7-1-6(5-18-7)10(16)17/h1,5H,2-4H2,(H2,11,14)(H2,12,15)(H,16,17). The molecule has 8 nitrogen and oxygen atoms in total. The second-order valence-electron chi connectivity index (χ2n) is 3.68. The highest BCUT2D eigenvalue weighted by Crippen LogP contribution is 2.10. The van der Waals surface area contributed by atoms with Gasteiger partial charge in [0.25, 0.3) is 0 Å². The maximum Gasteiger partial charge on any atom is 0.338 e. The van der Waals surface area contributed by atoms with Crippen molar-refractivity contribution in [3.8, 4) is 0 Å². The lowest BCUT2D eigenvalue weighted by Gasteiger charge is -2.16. The van der Waals surface area contributed by atoms with E-state index in [-0.39, 0.29) is 25.2 Å². The monoisotopic (exact) mass is 255 g/mol. The molecule has 0 fully saturated rings. The summed E-state index contributed by atoms with van der Waals surface area (Å²) in [6.07, 6.45) is 1.07. The number of carbonyl (C=O) groups excluding carboxylic acids is 2. The molecule has 0 spiro atoms. The largest absolute Gasteiger partial charge is 0.478 e. The van der Waals surface area contributed by atoms with Crippen molar-refractivity contribution in [1.29, 1.82) is 0 Å². The lowest BCUT2D eigenvalue weighted by atomic mass is 10.3. The second-order valence-corrected chi connectivity index (χ2v) is 3.68. The third-order valence-electron chi connectivity index (χ3n) is 2.04. The molecule has 98 valence electrons. The summed E-state index contributed by atoms with van der Waals surface area (Å²) in [7, 11) is 0. The minimum absolute atomic E-state index is 0.0110. The van der Waals surface area contributed by atoms with Gasteiger partial charge in [0.2, 0.25) is 11.8 Å². The molecule has 1 aromatic rings. The van der Waals surface area contributed by atoms with Crippen molar-refractivity contribution in [3.63, 3.8) is 0 Å². The van der Waals surface area contributed by atoms with Crippen LogP contribution in [0.2, 0.25) is 0 Å². The molecule has 0 aliphatic rings. The van der Waals surface area contributed by atoms with Gasteiger partial charge in [-0.3, -0.25) is 14.5 Å². The second kappa shape index (κ2) is 5.82. The topological polar surface area (TPSA) is 140 Å². The summed E-state index contributed by atoms with van der Waals surface area (Å²) in [5.74, 6) is -2.07. The Morgan fingerprint density at radius 2 is 1.78 bits per heavy atom.